The fourth-order valence-corrected chi connectivity index (χ4v) is 1.79. The number of aryl methyl sites for hydroxylation is 1. The number of aromatic nitrogens is 3. The SMILES string of the molecule is Cc1nc(Nc2ncc(C=O)s2)cc(=O)[nH]1. The first-order valence-corrected chi connectivity index (χ1v) is 5.25. The first-order valence-electron chi connectivity index (χ1n) is 4.43. The summed E-state index contributed by atoms with van der Waals surface area (Å²) in [7, 11) is 0. The lowest BCUT2D eigenvalue weighted by molar-refractivity contribution is 0.112. The summed E-state index contributed by atoms with van der Waals surface area (Å²) in [5, 5.41) is 3.39. The molecule has 0 spiro atoms. The van der Waals surface area contributed by atoms with Crippen LogP contribution in [0.15, 0.2) is 17.1 Å². The number of rotatable bonds is 3. The van der Waals surface area contributed by atoms with Crippen molar-refractivity contribution in [3.8, 4) is 0 Å². The number of nitrogens with one attached hydrogen (secondary N) is 2. The van der Waals surface area contributed by atoms with Gasteiger partial charge in [-0.05, 0) is 6.92 Å². The fourth-order valence-electron chi connectivity index (χ4n) is 1.15. The number of carbonyl (C=O) groups excluding carboxylic acids is 1. The first kappa shape index (κ1) is 10.5. The monoisotopic (exact) mass is 236 g/mol. The summed E-state index contributed by atoms with van der Waals surface area (Å²) >= 11 is 1.20. The zero-order valence-electron chi connectivity index (χ0n) is 8.35. The van der Waals surface area contributed by atoms with Gasteiger partial charge in [-0.25, -0.2) is 9.97 Å². The van der Waals surface area contributed by atoms with E-state index in [1.165, 1.54) is 23.6 Å². The number of hydrogen-bond donors (Lipinski definition) is 2. The van der Waals surface area contributed by atoms with Crippen LogP contribution in [-0.4, -0.2) is 21.2 Å². The van der Waals surface area contributed by atoms with Gasteiger partial charge in [0, 0.05) is 6.07 Å². The molecule has 2 N–H and O–H groups in total. The number of thiazole rings is 1. The molecule has 0 saturated carbocycles. The summed E-state index contributed by atoms with van der Waals surface area (Å²) in [5.41, 5.74) is -0.234. The summed E-state index contributed by atoms with van der Waals surface area (Å²) in [6.45, 7) is 1.69. The van der Waals surface area contributed by atoms with E-state index in [0.29, 0.717) is 21.7 Å². The largest absolute Gasteiger partial charge is 0.316 e. The number of carbonyl (C=O) groups is 1. The van der Waals surface area contributed by atoms with Crippen molar-refractivity contribution >= 4 is 28.6 Å². The Bertz CT molecular complexity index is 575. The molecular formula is C9H8N4O2S. The van der Waals surface area contributed by atoms with Gasteiger partial charge >= 0.3 is 0 Å². The van der Waals surface area contributed by atoms with Crippen LogP contribution in [0, 0.1) is 6.92 Å². The van der Waals surface area contributed by atoms with E-state index >= 15 is 0 Å². The van der Waals surface area contributed by atoms with E-state index in [-0.39, 0.29) is 5.56 Å². The molecule has 7 heteroatoms. The molecule has 0 amide bonds. The normalized spacial score (nSPS) is 10.1. The Balaban J connectivity index is 2.26. The quantitative estimate of drug-likeness (QED) is 0.779. The van der Waals surface area contributed by atoms with Crippen molar-refractivity contribution in [1.29, 1.82) is 0 Å². The average molecular weight is 236 g/mol. The van der Waals surface area contributed by atoms with Crippen LogP contribution in [0.3, 0.4) is 0 Å². The van der Waals surface area contributed by atoms with Crippen molar-refractivity contribution in [2.75, 3.05) is 5.32 Å². The Morgan fingerprint density at radius 1 is 1.56 bits per heavy atom. The molecule has 82 valence electrons. The van der Waals surface area contributed by atoms with Gasteiger partial charge in [0.05, 0.1) is 11.1 Å². The summed E-state index contributed by atoms with van der Waals surface area (Å²) in [5.74, 6) is 0.926. The van der Waals surface area contributed by atoms with E-state index in [4.69, 9.17) is 0 Å². The van der Waals surface area contributed by atoms with E-state index in [0.717, 1.165) is 6.29 Å². The van der Waals surface area contributed by atoms with E-state index in [1.807, 2.05) is 0 Å². The van der Waals surface area contributed by atoms with Crippen LogP contribution < -0.4 is 10.9 Å². The van der Waals surface area contributed by atoms with Crippen molar-refractivity contribution in [3.63, 3.8) is 0 Å². The van der Waals surface area contributed by atoms with E-state index in [2.05, 4.69) is 20.3 Å². The van der Waals surface area contributed by atoms with Crippen molar-refractivity contribution < 1.29 is 4.79 Å². The van der Waals surface area contributed by atoms with Gasteiger partial charge in [0.2, 0.25) is 0 Å². The number of aldehydes is 1. The summed E-state index contributed by atoms with van der Waals surface area (Å²) in [6, 6.07) is 1.33. The van der Waals surface area contributed by atoms with E-state index in [9.17, 15) is 9.59 Å². The topological polar surface area (TPSA) is 87.7 Å². The molecule has 2 aromatic rings. The maximum Gasteiger partial charge on any atom is 0.252 e. The Labute approximate surface area is 94.4 Å². The van der Waals surface area contributed by atoms with Crippen LogP contribution in [0.25, 0.3) is 0 Å². The second-order valence-electron chi connectivity index (χ2n) is 3.03. The second kappa shape index (κ2) is 4.23. The average Bonchev–Trinajstić information content (AvgIpc) is 2.64. The highest BCUT2D eigenvalue weighted by molar-refractivity contribution is 7.17. The molecule has 0 aliphatic carbocycles. The Morgan fingerprint density at radius 2 is 2.38 bits per heavy atom. The molecule has 16 heavy (non-hydrogen) atoms. The molecule has 0 saturated heterocycles. The lowest BCUT2D eigenvalue weighted by Gasteiger charge is -2.00. The van der Waals surface area contributed by atoms with Crippen molar-refractivity contribution in [1.82, 2.24) is 15.0 Å². The number of nitrogens with zero attached hydrogens (tertiary/aromatic N) is 2. The molecular weight excluding hydrogens is 228 g/mol. The molecule has 2 aromatic heterocycles. The highest BCUT2D eigenvalue weighted by Crippen LogP contribution is 2.19. The van der Waals surface area contributed by atoms with Gasteiger partial charge in [-0.15, -0.1) is 0 Å². The van der Waals surface area contributed by atoms with Crippen molar-refractivity contribution in [2.24, 2.45) is 0 Å². The Kier molecular flexibility index (Phi) is 2.78. The minimum atomic E-state index is -0.234. The number of anilines is 2. The zero-order valence-corrected chi connectivity index (χ0v) is 9.17. The summed E-state index contributed by atoms with van der Waals surface area (Å²) < 4.78 is 0. The number of hydrogen-bond acceptors (Lipinski definition) is 6. The van der Waals surface area contributed by atoms with Crippen molar-refractivity contribution in [3.05, 3.63) is 33.3 Å². The second-order valence-corrected chi connectivity index (χ2v) is 4.09. The van der Waals surface area contributed by atoms with E-state index < -0.39 is 0 Å². The van der Waals surface area contributed by atoms with Crippen LogP contribution in [0.4, 0.5) is 10.9 Å². The van der Waals surface area contributed by atoms with Crippen LogP contribution in [0.1, 0.15) is 15.5 Å². The third kappa shape index (κ3) is 2.31. The van der Waals surface area contributed by atoms with Crippen LogP contribution >= 0.6 is 11.3 Å². The minimum Gasteiger partial charge on any atom is -0.316 e. The molecule has 0 aromatic carbocycles. The lowest BCUT2D eigenvalue weighted by atomic mass is 10.5. The minimum absolute atomic E-state index is 0.234. The molecule has 6 nitrogen and oxygen atoms in total. The molecule has 0 unspecified atom stereocenters. The number of H-pyrrole nitrogens is 1. The predicted molar refractivity (Wildman–Crippen MR) is 60.4 cm³/mol. The molecule has 0 aliphatic rings. The molecule has 0 fully saturated rings. The molecule has 2 heterocycles. The van der Waals surface area contributed by atoms with Crippen LogP contribution in [-0.2, 0) is 0 Å². The molecule has 0 aliphatic heterocycles. The lowest BCUT2D eigenvalue weighted by Crippen LogP contribution is -2.09. The molecule has 2 rings (SSSR count). The third-order valence-electron chi connectivity index (χ3n) is 1.73. The number of aromatic amines is 1. The predicted octanol–water partition coefficient (Wildman–Crippen LogP) is 1.09. The molecule has 0 bridgehead atoms. The van der Waals surface area contributed by atoms with Crippen molar-refractivity contribution in [2.45, 2.75) is 6.92 Å². The van der Waals surface area contributed by atoms with Gasteiger partial charge in [-0.3, -0.25) is 9.59 Å². The zero-order chi connectivity index (χ0) is 11.5. The van der Waals surface area contributed by atoms with E-state index in [1.54, 1.807) is 6.92 Å². The van der Waals surface area contributed by atoms with Gasteiger partial charge < -0.3 is 10.3 Å². The van der Waals surface area contributed by atoms with Gasteiger partial charge in [-0.2, -0.15) is 0 Å². The summed E-state index contributed by atoms with van der Waals surface area (Å²) in [6.07, 6.45) is 2.18. The van der Waals surface area contributed by atoms with Gasteiger partial charge in [-0.1, -0.05) is 11.3 Å². The van der Waals surface area contributed by atoms with Gasteiger partial charge in [0.15, 0.2) is 11.4 Å². The highest BCUT2D eigenvalue weighted by atomic mass is 32.1. The first-order chi connectivity index (χ1) is 7.67. The molecule has 0 radical (unpaired) electrons. The fraction of sp³-hybridized carbons (Fsp3) is 0.111. The molecule has 0 atom stereocenters. The Morgan fingerprint density at radius 3 is 3.00 bits per heavy atom. The van der Waals surface area contributed by atoms with Gasteiger partial charge in [0.1, 0.15) is 11.6 Å². The van der Waals surface area contributed by atoms with Crippen LogP contribution in [0.5, 0.6) is 0 Å². The smallest absolute Gasteiger partial charge is 0.252 e. The third-order valence-corrected chi connectivity index (χ3v) is 2.57. The van der Waals surface area contributed by atoms with Gasteiger partial charge in [0.25, 0.3) is 5.56 Å². The highest BCUT2D eigenvalue weighted by Gasteiger charge is 2.03. The standard InChI is InChI=1S/C9H8N4O2S/c1-5-11-7(2-8(15)12-5)13-9-10-3-6(4-14)16-9/h2-4H,1H3,(H2,10,11,12,13,15). The van der Waals surface area contributed by atoms with Crippen LogP contribution in [0.2, 0.25) is 0 Å². The summed E-state index contributed by atoms with van der Waals surface area (Å²) in [4.78, 5) is 32.7. The maximum atomic E-state index is 11.2. The maximum absolute atomic E-state index is 11.2. The Hall–Kier alpha value is -2.02.